The molecule has 2 aromatic rings. The summed E-state index contributed by atoms with van der Waals surface area (Å²) < 4.78 is 5.15. The minimum atomic E-state index is -0.275. The van der Waals surface area contributed by atoms with Crippen LogP contribution in [0.2, 0.25) is 0 Å². The predicted molar refractivity (Wildman–Crippen MR) is 114 cm³/mol. The molecular weight excluding hydrogens is 368 g/mol. The predicted octanol–water partition coefficient (Wildman–Crippen LogP) is 3.18. The third-order valence-electron chi connectivity index (χ3n) is 5.01. The number of carbonyl (C=O) groups excluding carboxylic acids is 2. The van der Waals surface area contributed by atoms with Gasteiger partial charge < -0.3 is 19.9 Å². The van der Waals surface area contributed by atoms with Gasteiger partial charge in [0.25, 0.3) is 5.91 Å². The highest BCUT2D eigenvalue weighted by Gasteiger charge is 2.17. The van der Waals surface area contributed by atoms with Crippen LogP contribution in [0.15, 0.2) is 42.6 Å². The van der Waals surface area contributed by atoms with Gasteiger partial charge in [-0.05, 0) is 37.1 Å². The first-order chi connectivity index (χ1) is 14.1. The van der Waals surface area contributed by atoms with Crippen LogP contribution in [-0.4, -0.2) is 55.5 Å². The number of rotatable bonds is 6. The first kappa shape index (κ1) is 20.6. The molecule has 2 amide bonds. The van der Waals surface area contributed by atoms with E-state index in [2.05, 4.69) is 15.2 Å². The fourth-order valence-electron chi connectivity index (χ4n) is 3.41. The van der Waals surface area contributed by atoms with Crippen LogP contribution >= 0.6 is 0 Å². The Morgan fingerprint density at radius 3 is 2.55 bits per heavy atom. The van der Waals surface area contributed by atoms with E-state index in [1.54, 1.807) is 50.7 Å². The largest absolute Gasteiger partial charge is 0.497 e. The molecule has 1 aliphatic heterocycles. The van der Waals surface area contributed by atoms with Crippen molar-refractivity contribution in [3.63, 3.8) is 0 Å². The van der Waals surface area contributed by atoms with Gasteiger partial charge >= 0.3 is 0 Å². The van der Waals surface area contributed by atoms with Crippen LogP contribution in [0, 0.1) is 0 Å². The second-order valence-electron chi connectivity index (χ2n) is 7.25. The van der Waals surface area contributed by atoms with Gasteiger partial charge in [0.05, 0.1) is 19.2 Å². The highest BCUT2D eigenvalue weighted by atomic mass is 16.5. The minimum absolute atomic E-state index is 0.0517. The maximum absolute atomic E-state index is 12.6. The van der Waals surface area contributed by atoms with Crippen molar-refractivity contribution in [1.82, 2.24) is 9.88 Å². The van der Waals surface area contributed by atoms with Crippen molar-refractivity contribution in [2.24, 2.45) is 0 Å². The van der Waals surface area contributed by atoms with E-state index in [1.807, 2.05) is 6.07 Å². The lowest BCUT2D eigenvalue weighted by Gasteiger charge is -2.22. The van der Waals surface area contributed by atoms with Crippen molar-refractivity contribution in [2.75, 3.05) is 44.0 Å². The zero-order chi connectivity index (χ0) is 20.6. The molecule has 0 radical (unpaired) electrons. The number of benzene rings is 1. The summed E-state index contributed by atoms with van der Waals surface area (Å²) in [6.07, 6.45) is 6.46. The molecule has 3 rings (SSSR count). The molecule has 1 aromatic heterocycles. The van der Waals surface area contributed by atoms with Gasteiger partial charge in [-0.15, -0.1) is 0 Å². The summed E-state index contributed by atoms with van der Waals surface area (Å²) in [5.74, 6) is 1.05. The number of methoxy groups -OCH3 is 1. The SMILES string of the molecule is COc1cccc(NC(=O)CN(C)C(=O)c2ccc(N3CCCCCC3)nc2)c1. The number of hydrogen-bond acceptors (Lipinski definition) is 5. The first-order valence-corrected chi connectivity index (χ1v) is 9.97. The van der Waals surface area contributed by atoms with E-state index >= 15 is 0 Å². The Morgan fingerprint density at radius 1 is 1.14 bits per heavy atom. The van der Waals surface area contributed by atoms with Gasteiger partial charge in [-0.1, -0.05) is 18.9 Å². The molecule has 0 atom stereocenters. The molecule has 1 saturated heterocycles. The summed E-state index contributed by atoms with van der Waals surface area (Å²) in [6, 6.07) is 10.8. The van der Waals surface area contributed by atoms with Gasteiger partial charge in [0, 0.05) is 38.1 Å². The van der Waals surface area contributed by atoms with Crippen LogP contribution in [0.25, 0.3) is 0 Å². The molecule has 1 aliphatic rings. The molecule has 0 spiro atoms. The van der Waals surface area contributed by atoms with Gasteiger partial charge in [-0.25, -0.2) is 4.98 Å². The number of likely N-dealkylation sites (N-methyl/N-ethyl adjacent to an activating group) is 1. The third kappa shape index (κ3) is 5.70. The van der Waals surface area contributed by atoms with Crippen LogP contribution in [0.3, 0.4) is 0 Å². The second kappa shape index (κ2) is 9.91. The number of pyridine rings is 1. The summed E-state index contributed by atoms with van der Waals surface area (Å²) in [5, 5.41) is 2.78. The van der Waals surface area contributed by atoms with Crippen molar-refractivity contribution in [2.45, 2.75) is 25.7 Å². The average molecular weight is 396 g/mol. The number of ether oxygens (including phenoxy) is 1. The maximum Gasteiger partial charge on any atom is 0.255 e. The number of carbonyl (C=O) groups is 2. The highest BCUT2D eigenvalue weighted by Crippen LogP contribution is 2.18. The van der Waals surface area contributed by atoms with Gasteiger partial charge in [-0.2, -0.15) is 0 Å². The van der Waals surface area contributed by atoms with E-state index in [-0.39, 0.29) is 18.4 Å². The van der Waals surface area contributed by atoms with Crippen molar-refractivity contribution in [3.05, 3.63) is 48.2 Å². The summed E-state index contributed by atoms with van der Waals surface area (Å²) >= 11 is 0. The van der Waals surface area contributed by atoms with Crippen molar-refractivity contribution < 1.29 is 14.3 Å². The number of hydrogen-bond donors (Lipinski definition) is 1. The number of amides is 2. The molecule has 0 unspecified atom stereocenters. The van der Waals surface area contributed by atoms with E-state index in [0.717, 1.165) is 18.9 Å². The molecule has 1 fully saturated rings. The number of anilines is 2. The molecular formula is C22H28N4O3. The summed E-state index contributed by atoms with van der Waals surface area (Å²) in [6.45, 7) is 1.96. The monoisotopic (exact) mass is 396 g/mol. The van der Waals surface area contributed by atoms with Crippen LogP contribution in [0.5, 0.6) is 5.75 Å². The maximum atomic E-state index is 12.6. The van der Waals surface area contributed by atoms with Gasteiger partial charge in [0.15, 0.2) is 0 Å². The first-order valence-electron chi connectivity index (χ1n) is 9.97. The van der Waals surface area contributed by atoms with Crippen LogP contribution < -0.4 is 15.0 Å². The van der Waals surface area contributed by atoms with Crippen molar-refractivity contribution >= 4 is 23.3 Å². The Morgan fingerprint density at radius 2 is 1.90 bits per heavy atom. The smallest absolute Gasteiger partial charge is 0.255 e. The quantitative estimate of drug-likeness (QED) is 0.812. The fourth-order valence-corrected chi connectivity index (χ4v) is 3.41. The Balaban J connectivity index is 1.56. The third-order valence-corrected chi connectivity index (χ3v) is 5.01. The fraction of sp³-hybridized carbons (Fsp3) is 0.409. The minimum Gasteiger partial charge on any atom is -0.497 e. The molecule has 1 aromatic carbocycles. The van der Waals surface area contributed by atoms with Crippen molar-refractivity contribution in [1.29, 1.82) is 0 Å². The molecule has 7 heteroatoms. The number of aromatic nitrogens is 1. The topological polar surface area (TPSA) is 74.8 Å². The van der Waals surface area contributed by atoms with E-state index in [1.165, 1.54) is 30.6 Å². The lowest BCUT2D eigenvalue weighted by Crippen LogP contribution is -2.35. The van der Waals surface area contributed by atoms with E-state index in [4.69, 9.17) is 4.74 Å². The zero-order valence-electron chi connectivity index (χ0n) is 17.1. The molecule has 0 bridgehead atoms. The molecule has 1 N–H and O–H groups in total. The molecule has 0 aliphatic carbocycles. The van der Waals surface area contributed by atoms with Crippen molar-refractivity contribution in [3.8, 4) is 5.75 Å². The van der Waals surface area contributed by atoms with Crippen LogP contribution in [-0.2, 0) is 4.79 Å². The molecule has 7 nitrogen and oxygen atoms in total. The molecule has 154 valence electrons. The molecule has 0 saturated carbocycles. The van der Waals surface area contributed by atoms with E-state index < -0.39 is 0 Å². The molecule has 29 heavy (non-hydrogen) atoms. The Labute approximate surface area is 171 Å². The Bertz CT molecular complexity index is 830. The Kier molecular flexibility index (Phi) is 7.05. The molecule has 2 heterocycles. The van der Waals surface area contributed by atoms with E-state index in [9.17, 15) is 9.59 Å². The summed E-state index contributed by atoms with van der Waals surface area (Å²) in [7, 11) is 3.18. The van der Waals surface area contributed by atoms with Gasteiger partial charge in [0.1, 0.15) is 11.6 Å². The highest BCUT2D eigenvalue weighted by molar-refractivity contribution is 5.99. The van der Waals surface area contributed by atoms with Crippen LogP contribution in [0.1, 0.15) is 36.0 Å². The zero-order valence-corrected chi connectivity index (χ0v) is 17.1. The number of nitrogens with zero attached hydrogens (tertiary/aromatic N) is 3. The van der Waals surface area contributed by atoms with Gasteiger partial charge in [0.2, 0.25) is 5.91 Å². The Hall–Kier alpha value is -3.09. The standard InChI is InChI=1S/C22H28N4O3/c1-25(16-21(27)24-18-8-7-9-19(14-18)29-2)22(28)17-10-11-20(23-15-17)26-12-5-3-4-6-13-26/h7-11,14-15H,3-6,12-13,16H2,1-2H3,(H,24,27). The second-order valence-corrected chi connectivity index (χ2v) is 7.25. The van der Waals surface area contributed by atoms with E-state index in [0.29, 0.717) is 17.0 Å². The van der Waals surface area contributed by atoms with Crippen LogP contribution in [0.4, 0.5) is 11.5 Å². The average Bonchev–Trinajstić information content (AvgIpc) is 3.03. The lowest BCUT2D eigenvalue weighted by atomic mass is 10.2. The number of nitrogens with one attached hydrogen (secondary N) is 1. The normalized spacial score (nSPS) is 14.1. The van der Waals surface area contributed by atoms with Gasteiger partial charge in [-0.3, -0.25) is 9.59 Å². The summed E-state index contributed by atoms with van der Waals surface area (Å²) in [5.41, 5.74) is 1.10. The summed E-state index contributed by atoms with van der Waals surface area (Å²) in [4.78, 5) is 33.1. The lowest BCUT2D eigenvalue weighted by molar-refractivity contribution is -0.116.